The monoisotopic (exact) mass is 318 g/mol. The highest BCUT2D eigenvalue weighted by atomic mass is 35.5. The first-order valence-corrected chi connectivity index (χ1v) is 6.52. The average molecular weight is 319 g/mol. The first kappa shape index (κ1) is 15.7. The van der Waals surface area contributed by atoms with Gasteiger partial charge in [0, 0.05) is 16.8 Å². The van der Waals surface area contributed by atoms with Crippen LogP contribution in [0.1, 0.15) is 23.7 Å². The van der Waals surface area contributed by atoms with E-state index >= 15 is 0 Å². The smallest absolute Gasteiger partial charge is 0.233 e. The van der Waals surface area contributed by atoms with Crippen molar-refractivity contribution in [3.05, 3.63) is 46.0 Å². The van der Waals surface area contributed by atoms with Gasteiger partial charge in [0.15, 0.2) is 5.82 Å². The molecular weight excluding hydrogens is 308 g/mol. The van der Waals surface area contributed by atoms with Crippen LogP contribution in [-0.2, 0) is 12.6 Å². The van der Waals surface area contributed by atoms with Gasteiger partial charge in [0.05, 0.1) is 5.56 Å². The van der Waals surface area contributed by atoms with Crippen LogP contribution in [0.4, 0.5) is 17.6 Å². The van der Waals surface area contributed by atoms with Gasteiger partial charge in [-0.1, -0.05) is 18.5 Å². The Balaban J connectivity index is 2.68. The minimum absolute atomic E-state index is 0.109. The summed E-state index contributed by atoms with van der Waals surface area (Å²) in [4.78, 5) is 7.97. The Hall–Kier alpha value is -1.69. The summed E-state index contributed by atoms with van der Waals surface area (Å²) in [5.41, 5.74) is -0.236. The topological polar surface area (TPSA) is 25.8 Å². The van der Waals surface area contributed by atoms with Crippen LogP contribution >= 0.6 is 11.6 Å². The van der Waals surface area contributed by atoms with Gasteiger partial charge in [-0.15, -0.1) is 0 Å². The fourth-order valence-corrected chi connectivity index (χ4v) is 2.38. The minimum Gasteiger partial charge on any atom is -0.233 e. The predicted molar refractivity (Wildman–Crippen MR) is 71.6 cm³/mol. The lowest BCUT2D eigenvalue weighted by molar-refractivity contribution is -0.137. The van der Waals surface area contributed by atoms with Crippen LogP contribution in [0.2, 0.25) is 5.15 Å². The molecule has 1 aromatic heterocycles. The molecule has 2 rings (SSSR count). The lowest BCUT2D eigenvalue weighted by atomic mass is 10.1. The van der Waals surface area contributed by atoms with E-state index in [0.717, 1.165) is 12.1 Å². The Bertz CT molecular complexity index is 660. The zero-order chi connectivity index (χ0) is 15.8. The lowest BCUT2D eigenvalue weighted by Gasteiger charge is -2.13. The highest BCUT2D eigenvalue weighted by Crippen LogP contribution is 2.37. The van der Waals surface area contributed by atoms with E-state index in [4.69, 9.17) is 11.6 Å². The molecule has 0 bridgehead atoms. The fraction of sp³-hybridized carbons (Fsp3) is 0.286. The summed E-state index contributed by atoms with van der Waals surface area (Å²) in [5, 5.41) is 0.109. The van der Waals surface area contributed by atoms with E-state index in [1.54, 1.807) is 6.92 Å². The van der Waals surface area contributed by atoms with Crippen molar-refractivity contribution in [3.63, 3.8) is 0 Å². The molecule has 112 valence electrons. The van der Waals surface area contributed by atoms with Gasteiger partial charge in [-0.2, -0.15) is 13.2 Å². The quantitative estimate of drug-likeness (QED) is 0.585. The Morgan fingerprint density at radius 3 is 2.38 bits per heavy atom. The number of aryl methyl sites for hydroxylation is 1. The fourth-order valence-electron chi connectivity index (χ4n) is 2.03. The van der Waals surface area contributed by atoms with E-state index in [0.29, 0.717) is 23.7 Å². The second kappa shape index (κ2) is 5.60. The van der Waals surface area contributed by atoms with Crippen LogP contribution in [0.3, 0.4) is 0 Å². The van der Waals surface area contributed by atoms with Crippen molar-refractivity contribution in [2.45, 2.75) is 26.4 Å². The number of alkyl halides is 3. The molecule has 0 N–H and O–H groups in total. The van der Waals surface area contributed by atoms with Crippen molar-refractivity contribution in [2.24, 2.45) is 0 Å². The molecule has 0 aliphatic rings. The minimum atomic E-state index is -4.70. The zero-order valence-electron chi connectivity index (χ0n) is 11.2. The number of hydrogen-bond acceptors (Lipinski definition) is 2. The zero-order valence-corrected chi connectivity index (χ0v) is 12.0. The van der Waals surface area contributed by atoms with Gasteiger partial charge >= 0.3 is 6.18 Å². The molecule has 0 aliphatic heterocycles. The molecule has 0 saturated carbocycles. The van der Waals surface area contributed by atoms with Crippen LogP contribution in [0.5, 0.6) is 0 Å². The van der Waals surface area contributed by atoms with E-state index < -0.39 is 17.6 Å². The third-order valence-electron chi connectivity index (χ3n) is 3.04. The molecule has 21 heavy (non-hydrogen) atoms. The van der Waals surface area contributed by atoms with Gasteiger partial charge in [0.2, 0.25) is 0 Å². The first-order chi connectivity index (χ1) is 9.74. The van der Waals surface area contributed by atoms with E-state index in [9.17, 15) is 17.6 Å². The predicted octanol–water partition coefficient (Wildman–Crippen LogP) is 4.83. The Kier molecular flexibility index (Phi) is 4.18. The highest BCUT2D eigenvalue weighted by molar-refractivity contribution is 6.30. The third-order valence-corrected chi connectivity index (χ3v) is 3.36. The molecule has 0 radical (unpaired) electrons. The molecule has 1 heterocycles. The molecule has 7 heteroatoms. The largest absolute Gasteiger partial charge is 0.417 e. The van der Waals surface area contributed by atoms with E-state index in [2.05, 4.69) is 9.97 Å². The number of hydrogen-bond donors (Lipinski definition) is 0. The maximum atomic E-state index is 13.1. The summed E-state index contributed by atoms with van der Waals surface area (Å²) in [7, 11) is 0. The molecule has 0 aliphatic carbocycles. The molecule has 0 fully saturated rings. The van der Waals surface area contributed by atoms with Crippen molar-refractivity contribution < 1.29 is 17.6 Å². The van der Waals surface area contributed by atoms with Crippen molar-refractivity contribution >= 4 is 11.6 Å². The van der Waals surface area contributed by atoms with Gasteiger partial charge in [0.1, 0.15) is 11.0 Å². The Morgan fingerprint density at radius 2 is 1.86 bits per heavy atom. The summed E-state index contributed by atoms with van der Waals surface area (Å²) in [5.74, 6) is -1.14. The van der Waals surface area contributed by atoms with Crippen LogP contribution in [0.15, 0.2) is 18.2 Å². The normalized spacial score (nSPS) is 11.8. The van der Waals surface area contributed by atoms with Crippen molar-refractivity contribution in [3.8, 4) is 11.4 Å². The van der Waals surface area contributed by atoms with Crippen LogP contribution in [-0.4, -0.2) is 9.97 Å². The SMILES string of the molecule is CCc1c(C)nc(-c2ccc(F)cc2C(F)(F)F)nc1Cl. The van der Waals surface area contributed by atoms with Gasteiger partial charge in [-0.25, -0.2) is 14.4 Å². The molecule has 0 atom stereocenters. The molecule has 1 aromatic carbocycles. The first-order valence-electron chi connectivity index (χ1n) is 6.14. The van der Waals surface area contributed by atoms with Crippen molar-refractivity contribution in [1.29, 1.82) is 0 Å². The van der Waals surface area contributed by atoms with Crippen LogP contribution in [0.25, 0.3) is 11.4 Å². The van der Waals surface area contributed by atoms with Gasteiger partial charge in [-0.05, 0) is 31.5 Å². The van der Waals surface area contributed by atoms with Gasteiger partial charge in [-0.3, -0.25) is 0 Å². The van der Waals surface area contributed by atoms with Crippen molar-refractivity contribution in [1.82, 2.24) is 9.97 Å². The molecule has 0 amide bonds. The number of halogens is 5. The van der Waals surface area contributed by atoms with Gasteiger partial charge in [0.25, 0.3) is 0 Å². The molecule has 0 saturated heterocycles. The van der Waals surface area contributed by atoms with E-state index in [1.165, 1.54) is 0 Å². The Morgan fingerprint density at radius 1 is 1.19 bits per heavy atom. The summed E-state index contributed by atoms with van der Waals surface area (Å²) in [6, 6.07) is 2.37. The molecule has 2 aromatic rings. The van der Waals surface area contributed by atoms with E-state index in [1.807, 2.05) is 6.92 Å². The third kappa shape index (κ3) is 3.15. The average Bonchev–Trinajstić information content (AvgIpc) is 2.37. The number of rotatable bonds is 2. The number of benzene rings is 1. The maximum absolute atomic E-state index is 13.1. The number of nitrogens with zero attached hydrogens (tertiary/aromatic N) is 2. The summed E-state index contributed by atoms with van der Waals surface area (Å²) in [6.07, 6.45) is -4.13. The van der Waals surface area contributed by atoms with Gasteiger partial charge < -0.3 is 0 Å². The standard InChI is InChI=1S/C14H11ClF4N2/c1-3-9-7(2)20-13(21-12(9)15)10-5-4-8(16)6-11(10)14(17,18)19/h4-6H,3H2,1-2H3. The Labute approximate surface area is 123 Å². The van der Waals surface area contributed by atoms with Crippen LogP contribution < -0.4 is 0 Å². The lowest BCUT2D eigenvalue weighted by Crippen LogP contribution is -2.10. The highest BCUT2D eigenvalue weighted by Gasteiger charge is 2.35. The molecule has 0 unspecified atom stereocenters. The molecule has 2 nitrogen and oxygen atoms in total. The number of aromatic nitrogens is 2. The second-order valence-corrected chi connectivity index (χ2v) is 4.80. The summed E-state index contributed by atoms with van der Waals surface area (Å²) >= 11 is 5.98. The summed E-state index contributed by atoms with van der Waals surface area (Å²) in [6.45, 7) is 3.49. The molecular formula is C14H11ClF4N2. The second-order valence-electron chi connectivity index (χ2n) is 4.44. The van der Waals surface area contributed by atoms with Crippen LogP contribution in [0, 0.1) is 12.7 Å². The molecule has 0 spiro atoms. The van der Waals surface area contributed by atoms with Crippen molar-refractivity contribution in [2.75, 3.05) is 0 Å². The summed E-state index contributed by atoms with van der Waals surface area (Å²) < 4.78 is 52.1. The maximum Gasteiger partial charge on any atom is 0.417 e. The van der Waals surface area contributed by atoms with E-state index in [-0.39, 0.29) is 16.5 Å².